The van der Waals surface area contributed by atoms with Crippen molar-refractivity contribution in [1.82, 2.24) is 0 Å². The summed E-state index contributed by atoms with van der Waals surface area (Å²) in [6, 6.07) is 0. The molecular weight excluding hydrogens is 928 g/mol. The second kappa shape index (κ2) is 53.9. The predicted molar refractivity (Wildman–Crippen MR) is 298 cm³/mol. The lowest BCUT2D eigenvalue weighted by atomic mass is 10.0. The van der Waals surface area contributed by atoms with Crippen molar-refractivity contribution in [3.8, 4) is 0 Å². The van der Waals surface area contributed by atoms with Gasteiger partial charge in [-0.25, -0.2) is 4.57 Å². The quantitative estimate of drug-likeness (QED) is 0.0197. The van der Waals surface area contributed by atoms with Crippen LogP contribution in [0.5, 0.6) is 0 Å². The smallest absolute Gasteiger partial charge is 0.462 e. The largest absolute Gasteiger partial charge is 0.472 e. The van der Waals surface area contributed by atoms with Crippen LogP contribution >= 0.6 is 7.82 Å². The number of rotatable bonds is 52. The van der Waals surface area contributed by atoms with Gasteiger partial charge in [0.05, 0.1) is 19.8 Å². The average Bonchev–Trinajstić information content (AvgIpc) is 3.37. The van der Waals surface area contributed by atoms with Crippen LogP contribution in [0.25, 0.3) is 0 Å². The zero-order chi connectivity index (χ0) is 52.7. The van der Waals surface area contributed by atoms with E-state index < -0.39 is 57.8 Å². The topological polar surface area (TPSA) is 155 Å². The van der Waals surface area contributed by atoms with Gasteiger partial charge in [0.2, 0.25) is 0 Å². The van der Waals surface area contributed by atoms with E-state index in [0.717, 1.165) is 109 Å². The molecule has 0 heterocycles. The lowest BCUT2D eigenvalue weighted by molar-refractivity contribution is -0.161. The summed E-state index contributed by atoms with van der Waals surface area (Å²) in [4.78, 5) is 48.5. The van der Waals surface area contributed by atoms with Gasteiger partial charge in [-0.1, -0.05) is 228 Å². The molecule has 12 heteroatoms. The van der Waals surface area contributed by atoms with Gasteiger partial charge >= 0.3 is 25.7 Å². The van der Waals surface area contributed by atoms with E-state index in [1.54, 1.807) is 0 Å². The minimum Gasteiger partial charge on any atom is -0.462 e. The summed E-state index contributed by atoms with van der Waals surface area (Å²) >= 11 is 0. The highest BCUT2D eigenvalue weighted by Crippen LogP contribution is 2.43. The standard InChI is InChI=1S/C60H103O11P/c1-4-7-10-13-16-19-22-25-27-28-30-33-36-39-42-45-48-51-60(64)71-57(53-67-58(62)49-46-43-40-37-34-31-24-21-18-15-12-9-6-3)55-69-72(65,66)68-54-56(52-61)70-59(63)50-47-44-41-38-35-32-29-26-23-20-17-14-11-8-5-2/h7,9-10,12,16,18-19,21,25,27,31,34,40,43,56-57,61H,4-6,8,11,13-15,17,20,22-24,26,28-30,32-33,35-39,41-42,44-55H2,1-3H3,(H,65,66)/b10-7-,12-9-,19-16-,21-18-,27-25-,34-31-,43-40-. The number of unbranched alkanes of at least 4 members (excludes halogenated alkanes) is 21. The lowest BCUT2D eigenvalue weighted by Crippen LogP contribution is -2.30. The molecule has 3 unspecified atom stereocenters. The van der Waals surface area contributed by atoms with Crippen molar-refractivity contribution in [2.75, 3.05) is 26.4 Å². The monoisotopic (exact) mass is 1030 g/mol. The molecule has 0 aliphatic carbocycles. The maximum Gasteiger partial charge on any atom is 0.472 e. The van der Waals surface area contributed by atoms with Gasteiger partial charge in [-0.3, -0.25) is 23.4 Å². The van der Waals surface area contributed by atoms with Gasteiger partial charge in [0, 0.05) is 19.3 Å². The minimum absolute atomic E-state index is 0.101. The van der Waals surface area contributed by atoms with Crippen molar-refractivity contribution < 1.29 is 52.2 Å². The predicted octanol–water partition coefficient (Wildman–Crippen LogP) is 16.7. The van der Waals surface area contributed by atoms with Gasteiger partial charge in [0.1, 0.15) is 12.7 Å². The number of aliphatic hydroxyl groups excluding tert-OH is 1. The molecule has 2 N–H and O–H groups in total. The molecule has 0 bridgehead atoms. The molecule has 0 rings (SSSR count). The summed E-state index contributed by atoms with van der Waals surface area (Å²) in [5, 5.41) is 9.81. The number of carbonyl (C=O) groups excluding carboxylic acids is 3. The average molecular weight is 1030 g/mol. The number of ether oxygens (including phenoxy) is 3. The summed E-state index contributed by atoms with van der Waals surface area (Å²) < 4.78 is 39.4. The Morgan fingerprint density at radius 2 is 0.750 bits per heavy atom. The number of carbonyl (C=O) groups is 3. The van der Waals surface area contributed by atoms with Crippen LogP contribution in [0.4, 0.5) is 0 Å². The van der Waals surface area contributed by atoms with E-state index >= 15 is 0 Å². The van der Waals surface area contributed by atoms with Crippen LogP contribution in [0.3, 0.4) is 0 Å². The van der Waals surface area contributed by atoms with E-state index in [1.807, 2.05) is 12.2 Å². The fourth-order valence-electron chi connectivity index (χ4n) is 7.56. The fraction of sp³-hybridized carbons (Fsp3) is 0.717. The Balaban J connectivity index is 4.78. The summed E-state index contributed by atoms with van der Waals surface area (Å²) in [5.74, 6) is -1.57. The SMILES string of the molecule is CC/C=C\C/C=C\C/C=C\C/C=C\CCC(=O)OCC(COP(=O)(O)OCC(CO)OC(=O)CCCCCCCCCCCCCCCCC)OC(=O)CCCCCCCCC/C=C\C/C=C\C/C=C\CC. The summed E-state index contributed by atoms with van der Waals surface area (Å²) in [7, 11) is -4.76. The molecule has 0 aromatic carbocycles. The zero-order valence-electron chi connectivity index (χ0n) is 45.6. The first-order chi connectivity index (χ1) is 35.2. The lowest BCUT2D eigenvalue weighted by Gasteiger charge is -2.21. The third kappa shape index (κ3) is 51.6. The number of aliphatic hydroxyl groups is 1. The number of phosphoric acid groups is 1. The van der Waals surface area contributed by atoms with Crippen LogP contribution in [0.15, 0.2) is 85.1 Å². The molecule has 72 heavy (non-hydrogen) atoms. The van der Waals surface area contributed by atoms with Gasteiger partial charge in [-0.2, -0.15) is 0 Å². The minimum atomic E-state index is -4.76. The molecule has 0 spiro atoms. The first kappa shape index (κ1) is 68.7. The number of hydrogen-bond donors (Lipinski definition) is 2. The molecule has 0 amide bonds. The van der Waals surface area contributed by atoms with Crippen LogP contribution in [0.2, 0.25) is 0 Å². The molecule has 11 nitrogen and oxygen atoms in total. The number of phosphoric ester groups is 1. The van der Waals surface area contributed by atoms with Crippen LogP contribution in [0.1, 0.15) is 239 Å². The highest BCUT2D eigenvalue weighted by atomic mass is 31.2. The number of esters is 3. The summed E-state index contributed by atoms with van der Waals surface area (Å²) in [5.41, 5.74) is 0. The summed E-state index contributed by atoms with van der Waals surface area (Å²) in [6.07, 6.45) is 61.3. The third-order valence-electron chi connectivity index (χ3n) is 11.8. The van der Waals surface area contributed by atoms with Crippen molar-refractivity contribution in [2.24, 2.45) is 0 Å². The maximum atomic E-state index is 12.9. The molecule has 0 aliphatic rings. The van der Waals surface area contributed by atoms with E-state index in [-0.39, 0.29) is 25.9 Å². The first-order valence-corrected chi connectivity index (χ1v) is 30.0. The van der Waals surface area contributed by atoms with E-state index in [2.05, 4.69) is 93.7 Å². The fourth-order valence-corrected chi connectivity index (χ4v) is 8.34. The van der Waals surface area contributed by atoms with E-state index in [9.17, 15) is 28.9 Å². The Bertz CT molecular complexity index is 1530. The number of allylic oxidation sites excluding steroid dienone is 14. The molecular formula is C60H103O11P. The molecule has 414 valence electrons. The molecule has 0 fully saturated rings. The zero-order valence-corrected chi connectivity index (χ0v) is 46.5. The second-order valence-corrected chi connectivity index (χ2v) is 20.1. The molecule has 0 aromatic heterocycles. The van der Waals surface area contributed by atoms with Gasteiger partial charge in [-0.15, -0.1) is 0 Å². The van der Waals surface area contributed by atoms with Gasteiger partial charge in [0.15, 0.2) is 6.10 Å². The van der Waals surface area contributed by atoms with Crippen LogP contribution in [0, 0.1) is 0 Å². The van der Waals surface area contributed by atoms with E-state index in [0.29, 0.717) is 19.3 Å². The molecule has 0 radical (unpaired) electrons. The Morgan fingerprint density at radius 1 is 0.403 bits per heavy atom. The number of hydrogen-bond acceptors (Lipinski definition) is 10. The third-order valence-corrected chi connectivity index (χ3v) is 12.8. The second-order valence-electron chi connectivity index (χ2n) is 18.7. The van der Waals surface area contributed by atoms with Crippen molar-refractivity contribution in [1.29, 1.82) is 0 Å². The first-order valence-electron chi connectivity index (χ1n) is 28.5. The molecule has 0 saturated heterocycles. The van der Waals surface area contributed by atoms with Gasteiger partial charge in [-0.05, 0) is 77.0 Å². The molecule has 0 aliphatic heterocycles. The van der Waals surface area contributed by atoms with Gasteiger partial charge in [0.25, 0.3) is 0 Å². The Labute approximate surface area is 439 Å². The normalized spacial score (nSPS) is 14.0. The maximum absolute atomic E-state index is 12.9. The highest BCUT2D eigenvalue weighted by molar-refractivity contribution is 7.47. The van der Waals surface area contributed by atoms with Crippen molar-refractivity contribution in [3.05, 3.63) is 85.1 Å². The van der Waals surface area contributed by atoms with Crippen LogP contribution in [-0.4, -0.2) is 66.5 Å². The molecule has 0 saturated carbocycles. The van der Waals surface area contributed by atoms with Gasteiger partial charge < -0.3 is 24.2 Å². The van der Waals surface area contributed by atoms with E-state index in [1.165, 1.54) is 70.6 Å². The Morgan fingerprint density at radius 3 is 1.17 bits per heavy atom. The molecule has 3 atom stereocenters. The Hall–Kier alpha value is -3.34. The van der Waals surface area contributed by atoms with Crippen molar-refractivity contribution >= 4 is 25.7 Å². The van der Waals surface area contributed by atoms with Crippen molar-refractivity contribution in [2.45, 2.75) is 251 Å². The van der Waals surface area contributed by atoms with Crippen LogP contribution in [-0.2, 0) is 42.2 Å². The molecule has 0 aromatic rings. The van der Waals surface area contributed by atoms with Crippen LogP contribution < -0.4 is 0 Å². The summed E-state index contributed by atoms with van der Waals surface area (Å²) in [6.45, 7) is 4.34. The Kier molecular flexibility index (Phi) is 51.4. The highest BCUT2D eigenvalue weighted by Gasteiger charge is 2.28. The van der Waals surface area contributed by atoms with Crippen molar-refractivity contribution in [3.63, 3.8) is 0 Å². The van der Waals surface area contributed by atoms with E-state index in [4.69, 9.17) is 23.3 Å².